The molecule has 0 N–H and O–H groups in total. The molecule has 58 heavy (non-hydrogen) atoms. The van der Waals surface area contributed by atoms with Gasteiger partial charge in [-0.3, -0.25) is 0 Å². The minimum atomic E-state index is 1.11. The fraction of sp³-hybridized carbons (Fsp3) is 0. The second-order valence-electron chi connectivity index (χ2n) is 15.0. The van der Waals surface area contributed by atoms with E-state index in [-0.39, 0.29) is 0 Å². The lowest BCUT2D eigenvalue weighted by Crippen LogP contribution is -2.09. The number of hydrogen-bond donors (Lipinski definition) is 0. The number of benzene rings is 10. The molecule has 1 aromatic heterocycles. The fourth-order valence-electron chi connectivity index (χ4n) is 8.62. The molecule has 0 saturated carbocycles. The van der Waals surface area contributed by atoms with Crippen molar-refractivity contribution in [2.75, 3.05) is 4.90 Å². The Balaban J connectivity index is 0.922. The zero-order valence-electron chi connectivity index (χ0n) is 31.8. The van der Waals surface area contributed by atoms with E-state index in [0.717, 1.165) is 17.1 Å². The van der Waals surface area contributed by atoms with Crippen molar-refractivity contribution in [1.29, 1.82) is 0 Å². The number of rotatable bonds is 7. The van der Waals surface area contributed by atoms with E-state index in [2.05, 4.69) is 240 Å². The van der Waals surface area contributed by atoms with E-state index >= 15 is 0 Å². The topological polar surface area (TPSA) is 8.17 Å². The van der Waals surface area contributed by atoms with Crippen molar-refractivity contribution in [3.8, 4) is 39.1 Å². The first-order valence-electron chi connectivity index (χ1n) is 19.9. The molecule has 0 aliphatic heterocycles. The summed E-state index contributed by atoms with van der Waals surface area (Å²) >= 11 is 0. The highest BCUT2D eigenvalue weighted by Crippen LogP contribution is 2.40. The average molecular weight is 739 g/mol. The summed E-state index contributed by atoms with van der Waals surface area (Å²) in [6, 6.07) is 83.6. The van der Waals surface area contributed by atoms with Gasteiger partial charge in [0.25, 0.3) is 0 Å². The van der Waals surface area contributed by atoms with Gasteiger partial charge in [0.2, 0.25) is 0 Å². The van der Waals surface area contributed by atoms with Crippen LogP contribution >= 0.6 is 0 Å². The van der Waals surface area contributed by atoms with Gasteiger partial charge < -0.3 is 9.47 Å². The molecule has 0 atom stereocenters. The average Bonchev–Trinajstić information content (AvgIpc) is 3.61. The molecule has 2 heteroatoms. The largest absolute Gasteiger partial charge is 0.310 e. The van der Waals surface area contributed by atoms with Gasteiger partial charge in [-0.1, -0.05) is 152 Å². The Labute approximate surface area is 338 Å². The Morgan fingerprint density at radius 3 is 1.47 bits per heavy atom. The van der Waals surface area contributed by atoms with Gasteiger partial charge in [-0.05, 0) is 134 Å². The summed E-state index contributed by atoms with van der Waals surface area (Å²) in [5.74, 6) is 0. The smallest absolute Gasteiger partial charge is 0.0547 e. The van der Waals surface area contributed by atoms with Crippen LogP contribution in [0.2, 0.25) is 0 Å². The van der Waals surface area contributed by atoms with Crippen LogP contribution in [-0.2, 0) is 0 Å². The van der Waals surface area contributed by atoms with E-state index in [9.17, 15) is 0 Å². The van der Waals surface area contributed by atoms with Crippen LogP contribution in [0.1, 0.15) is 0 Å². The molecule has 0 fully saturated rings. The molecule has 272 valence electrons. The van der Waals surface area contributed by atoms with Gasteiger partial charge in [0.1, 0.15) is 0 Å². The van der Waals surface area contributed by atoms with Crippen LogP contribution in [0.25, 0.3) is 82.4 Å². The highest BCUT2D eigenvalue weighted by Gasteiger charge is 2.16. The SMILES string of the molecule is c1ccc(N(c2ccc(-c3ccc(-c4ccc5c(c4)c4cc6ccccc6cc4n5-c4ccccc4)cc3)cc2)c2cccc(-c3ccc4ccccc4c3)c2)cc1. The third kappa shape index (κ3) is 6.00. The van der Waals surface area contributed by atoms with Gasteiger partial charge in [-0.15, -0.1) is 0 Å². The monoisotopic (exact) mass is 738 g/mol. The number of para-hydroxylation sites is 2. The maximum atomic E-state index is 2.40. The van der Waals surface area contributed by atoms with Gasteiger partial charge >= 0.3 is 0 Å². The van der Waals surface area contributed by atoms with Crippen LogP contribution in [0.3, 0.4) is 0 Å². The lowest BCUT2D eigenvalue weighted by molar-refractivity contribution is 1.18. The highest BCUT2D eigenvalue weighted by molar-refractivity contribution is 6.14. The summed E-state index contributed by atoms with van der Waals surface area (Å²) < 4.78 is 2.40. The first-order chi connectivity index (χ1) is 28.7. The molecule has 0 saturated heterocycles. The second kappa shape index (κ2) is 14.1. The van der Waals surface area contributed by atoms with Gasteiger partial charge in [-0.2, -0.15) is 0 Å². The summed E-state index contributed by atoms with van der Waals surface area (Å²) in [4.78, 5) is 2.34. The molecule has 11 aromatic rings. The lowest BCUT2D eigenvalue weighted by atomic mass is 9.98. The fourth-order valence-corrected chi connectivity index (χ4v) is 8.62. The molecule has 0 radical (unpaired) electrons. The Morgan fingerprint density at radius 1 is 0.259 bits per heavy atom. The zero-order valence-corrected chi connectivity index (χ0v) is 31.8. The molecule has 1 heterocycles. The van der Waals surface area contributed by atoms with Crippen molar-refractivity contribution < 1.29 is 0 Å². The van der Waals surface area contributed by atoms with Crippen molar-refractivity contribution in [1.82, 2.24) is 4.57 Å². The van der Waals surface area contributed by atoms with E-state index in [1.54, 1.807) is 0 Å². The van der Waals surface area contributed by atoms with Crippen molar-refractivity contribution in [2.45, 2.75) is 0 Å². The Morgan fingerprint density at radius 2 is 0.741 bits per heavy atom. The highest BCUT2D eigenvalue weighted by atomic mass is 15.1. The van der Waals surface area contributed by atoms with Crippen molar-refractivity contribution >= 4 is 60.4 Å². The predicted octanol–water partition coefficient (Wildman–Crippen LogP) is 15.6. The number of aromatic nitrogens is 1. The molecule has 0 amide bonds. The minimum Gasteiger partial charge on any atom is -0.310 e. The Kier molecular flexibility index (Phi) is 8.19. The molecule has 0 unspecified atom stereocenters. The van der Waals surface area contributed by atoms with Crippen LogP contribution in [0, 0.1) is 0 Å². The maximum Gasteiger partial charge on any atom is 0.0547 e. The summed E-state index contributed by atoms with van der Waals surface area (Å²) in [6.07, 6.45) is 0. The van der Waals surface area contributed by atoms with E-state index in [0.29, 0.717) is 0 Å². The normalized spacial score (nSPS) is 11.4. The van der Waals surface area contributed by atoms with Crippen LogP contribution in [0.4, 0.5) is 17.1 Å². The van der Waals surface area contributed by atoms with Crippen molar-refractivity contribution in [2.24, 2.45) is 0 Å². The molecule has 0 aliphatic carbocycles. The molecule has 2 nitrogen and oxygen atoms in total. The summed E-state index contributed by atoms with van der Waals surface area (Å²) in [6.45, 7) is 0. The summed E-state index contributed by atoms with van der Waals surface area (Å²) in [5.41, 5.74) is 14.1. The van der Waals surface area contributed by atoms with Crippen LogP contribution < -0.4 is 4.90 Å². The van der Waals surface area contributed by atoms with Gasteiger partial charge in [-0.25, -0.2) is 0 Å². The Hall–Kier alpha value is -7.68. The molecule has 10 aromatic carbocycles. The van der Waals surface area contributed by atoms with Crippen molar-refractivity contribution in [3.63, 3.8) is 0 Å². The van der Waals surface area contributed by atoms with Gasteiger partial charge in [0.05, 0.1) is 11.0 Å². The van der Waals surface area contributed by atoms with Crippen LogP contribution in [0.5, 0.6) is 0 Å². The minimum absolute atomic E-state index is 1.11. The number of nitrogens with zero attached hydrogens (tertiary/aromatic N) is 2. The zero-order chi connectivity index (χ0) is 38.4. The first-order valence-corrected chi connectivity index (χ1v) is 19.9. The van der Waals surface area contributed by atoms with Crippen molar-refractivity contribution in [3.05, 3.63) is 231 Å². The first kappa shape index (κ1) is 33.6. The van der Waals surface area contributed by atoms with Crippen LogP contribution in [-0.4, -0.2) is 4.57 Å². The summed E-state index contributed by atoms with van der Waals surface area (Å²) in [5, 5.41) is 7.52. The molecule has 0 aliphatic rings. The molecule has 0 bridgehead atoms. The van der Waals surface area contributed by atoms with Gasteiger partial charge in [0, 0.05) is 33.5 Å². The van der Waals surface area contributed by atoms with E-state index < -0.39 is 0 Å². The maximum absolute atomic E-state index is 2.40. The predicted molar refractivity (Wildman–Crippen MR) is 247 cm³/mol. The van der Waals surface area contributed by atoms with Crippen LogP contribution in [0.15, 0.2) is 231 Å². The van der Waals surface area contributed by atoms with E-state index in [4.69, 9.17) is 0 Å². The quantitative estimate of drug-likeness (QED) is 0.158. The molecule has 0 spiro atoms. The number of anilines is 3. The summed E-state index contributed by atoms with van der Waals surface area (Å²) in [7, 11) is 0. The molecular weight excluding hydrogens is 701 g/mol. The number of hydrogen-bond acceptors (Lipinski definition) is 1. The van der Waals surface area contributed by atoms with Gasteiger partial charge in [0.15, 0.2) is 0 Å². The molecule has 11 rings (SSSR count). The lowest BCUT2D eigenvalue weighted by Gasteiger charge is -2.26. The third-order valence-electron chi connectivity index (χ3n) is 11.5. The molecular formula is C56H38N2. The Bertz CT molecular complexity index is 3250. The van der Waals surface area contributed by atoms with E-state index in [1.165, 1.54) is 82.4 Å². The third-order valence-corrected chi connectivity index (χ3v) is 11.5. The standard InChI is InChI=1S/C56H38N2/c1-3-17-49(18-4-1)57(52-21-11-16-44(35-52)47-27-26-39-12-7-8-13-43(39)34-47)51-31-28-41(29-32-51)40-22-24-42(25-23-40)48-30-33-55-53(37-48)54-36-45-14-9-10-15-46(45)38-56(54)58(55)50-19-5-2-6-20-50/h1-38H. The van der Waals surface area contributed by atoms with E-state index in [1.807, 2.05) is 0 Å². The second-order valence-corrected chi connectivity index (χ2v) is 15.0. The number of fused-ring (bicyclic) bond motifs is 5.